The van der Waals surface area contributed by atoms with Gasteiger partial charge in [0.15, 0.2) is 18.1 Å². The van der Waals surface area contributed by atoms with Crippen LogP contribution in [0.4, 0.5) is 5.69 Å². The van der Waals surface area contributed by atoms with Gasteiger partial charge in [0.1, 0.15) is 18.9 Å². The Balaban J connectivity index is 1.40. The number of hydrogen-bond acceptors (Lipinski definition) is 6. The molecule has 1 N–H and O–H groups in total. The zero-order chi connectivity index (χ0) is 21.9. The number of benzene rings is 1. The summed E-state index contributed by atoms with van der Waals surface area (Å²) in [6, 6.07) is 5.75. The fourth-order valence-corrected chi connectivity index (χ4v) is 5.61. The molecule has 1 unspecified atom stereocenters. The van der Waals surface area contributed by atoms with Crippen LogP contribution in [0.15, 0.2) is 24.4 Å². The molecule has 8 heteroatoms. The number of anilines is 1. The molecular weight excluding hydrogens is 410 g/mol. The average molecular weight is 435 g/mol. The lowest BCUT2D eigenvalue weighted by molar-refractivity contribution is -0.118. The lowest BCUT2D eigenvalue weighted by Gasteiger charge is -2.46. The molecule has 1 aromatic heterocycles. The second kappa shape index (κ2) is 7.12. The van der Waals surface area contributed by atoms with Gasteiger partial charge < -0.3 is 24.4 Å². The number of rotatable bonds is 1. The highest BCUT2D eigenvalue weighted by Crippen LogP contribution is 2.52. The summed E-state index contributed by atoms with van der Waals surface area (Å²) >= 11 is 0. The lowest BCUT2D eigenvalue weighted by Crippen LogP contribution is -2.48. The van der Waals surface area contributed by atoms with Gasteiger partial charge in [0.2, 0.25) is 5.88 Å². The van der Waals surface area contributed by atoms with Gasteiger partial charge in [0.05, 0.1) is 11.6 Å². The summed E-state index contributed by atoms with van der Waals surface area (Å²) in [5.74, 6) is 1.55. The van der Waals surface area contributed by atoms with Crippen molar-refractivity contribution in [1.29, 1.82) is 0 Å². The third-order valence-electron chi connectivity index (χ3n) is 7.21. The number of carbonyl (C=O) groups is 2. The molecule has 4 heterocycles. The van der Waals surface area contributed by atoms with Crippen LogP contribution < -0.4 is 19.5 Å². The van der Waals surface area contributed by atoms with Gasteiger partial charge in [-0.15, -0.1) is 0 Å². The molecule has 32 heavy (non-hydrogen) atoms. The SMILES string of the molecule is CC1c2cc3c(cc2C2(CCCC2)CN1C(=O)c1cnc2c(c1)NC(=O)CO2)OCCO3. The topological polar surface area (TPSA) is 90.0 Å². The maximum absolute atomic E-state index is 13.7. The Labute approximate surface area is 185 Å². The number of amides is 2. The van der Waals surface area contributed by atoms with Crippen molar-refractivity contribution in [1.82, 2.24) is 9.88 Å². The molecule has 166 valence electrons. The van der Waals surface area contributed by atoms with Gasteiger partial charge in [0, 0.05) is 18.2 Å². The fraction of sp³-hybridized carbons (Fsp3) is 0.458. The number of ether oxygens (including phenoxy) is 3. The van der Waals surface area contributed by atoms with Crippen LogP contribution in [0.3, 0.4) is 0 Å². The molecule has 0 bridgehead atoms. The number of nitrogens with one attached hydrogen (secondary N) is 1. The van der Waals surface area contributed by atoms with Crippen molar-refractivity contribution in [2.24, 2.45) is 0 Å². The van der Waals surface area contributed by atoms with Gasteiger partial charge in [-0.2, -0.15) is 0 Å². The van der Waals surface area contributed by atoms with Crippen molar-refractivity contribution in [3.05, 3.63) is 41.1 Å². The van der Waals surface area contributed by atoms with Gasteiger partial charge in [-0.1, -0.05) is 12.8 Å². The molecule has 3 aliphatic heterocycles. The average Bonchev–Trinajstić information content (AvgIpc) is 3.29. The molecule has 1 spiro atoms. The molecule has 2 aromatic rings. The van der Waals surface area contributed by atoms with E-state index < -0.39 is 0 Å². The number of hydrogen-bond donors (Lipinski definition) is 1. The van der Waals surface area contributed by atoms with Gasteiger partial charge in [-0.3, -0.25) is 9.59 Å². The van der Waals surface area contributed by atoms with E-state index in [0.717, 1.165) is 42.7 Å². The van der Waals surface area contributed by atoms with E-state index in [1.165, 1.54) is 11.8 Å². The minimum Gasteiger partial charge on any atom is -0.486 e. The van der Waals surface area contributed by atoms with Crippen LogP contribution in [0.2, 0.25) is 0 Å². The van der Waals surface area contributed by atoms with Gasteiger partial charge in [-0.25, -0.2) is 4.98 Å². The highest BCUT2D eigenvalue weighted by molar-refractivity contribution is 5.99. The molecule has 8 nitrogen and oxygen atoms in total. The predicted octanol–water partition coefficient (Wildman–Crippen LogP) is 3.21. The molecule has 0 saturated heterocycles. The molecule has 2 amide bonds. The smallest absolute Gasteiger partial charge is 0.262 e. The summed E-state index contributed by atoms with van der Waals surface area (Å²) < 4.78 is 17.1. The lowest BCUT2D eigenvalue weighted by atomic mass is 9.71. The maximum Gasteiger partial charge on any atom is 0.262 e. The molecule has 1 saturated carbocycles. The quantitative estimate of drug-likeness (QED) is 0.740. The normalized spacial score (nSPS) is 22.6. The van der Waals surface area contributed by atoms with Crippen molar-refractivity contribution in [2.45, 2.75) is 44.1 Å². The van der Waals surface area contributed by atoms with Crippen LogP contribution >= 0.6 is 0 Å². The Hall–Kier alpha value is -3.29. The summed E-state index contributed by atoms with van der Waals surface area (Å²) in [6.07, 6.45) is 5.92. The van der Waals surface area contributed by atoms with Crippen molar-refractivity contribution in [3.8, 4) is 17.4 Å². The van der Waals surface area contributed by atoms with E-state index in [0.29, 0.717) is 36.9 Å². The maximum atomic E-state index is 13.7. The van der Waals surface area contributed by atoms with Gasteiger partial charge in [0.25, 0.3) is 11.8 Å². The molecule has 0 radical (unpaired) electrons. The first-order valence-corrected chi connectivity index (χ1v) is 11.2. The minimum atomic E-state index is -0.249. The zero-order valence-corrected chi connectivity index (χ0v) is 18.0. The summed E-state index contributed by atoms with van der Waals surface area (Å²) in [6.45, 7) is 3.74. The van der Waals surface area contributed by atoms with Crippen LogP contribution in [0, 0.1) is 0 Å². The molecule has 1 atom stereocenters. The first-order chi connectivity index (χ1) is 15.5. The largest absolute Gasteiger partial charge is 0.486 e. The molecular formula is C24H25N3O5. The number of nitrogens with zero attached hydrogens (tertiary/aromatic N) is 2. The predicted molar refractivity (Wildman–Crippen MR) is 115 cm³/mol. The van der Waals surface area contributed by atoms with Crippen molar-refractivity contribution in [3.63, 3.8) is 0 Å². The summed E-state index contributed by atoms with van der Waals surface area (Å²) in [4.78, 5) is 31.6. The first-order valence-electron chi connectivity index (χ1n) is 11.2. The number of aromatic nitrogens is 1. The van der Waals surface area contributed by atoms with Crippen LogP contribution in [0.25, 0.3) is 0 Å². The van der Waals surface area contributed by atoms with E-state index >= 15 is 0 Å². The Morgan fingerprint density at radius 3 is 2.66 bits per heavy atom. The highest BCUT2D eigenvalue weighted by atomic mass is 16.6. The van der Waals surface area contributed by atoms with E-state index in [4.69, 9.17) is 14.2 Å². The Bertz CT molecular complexity index is 1120. The van der Waals surface area contributed by atoms with Crippen molar-refractivity contribution < 1.29 is 23.8 Å². The second-order valence-corrected chi connectivity index (χ2v) is 9.09. The van der Waals surface area contributed by atoms with E-state index in [9.17, 15) is 9.59 Å². The molecule has 1 fully saturated rings. The highest BCUT2D eigenvalue weighted by Gasteiger charge is 2.46. The third kappa shape index (κ3) is 2.92. The Kier molecular flexibility index (Phi) is 4.31. The molecule has 4 aliphatic rings. The Morgan fingerprint density at radius 2 is 1.88 bits per heavy atom. The monoisotopic (exact) mass is 435 g/mol. The minimum absolute atomic E-state index is 0.0636. The molecule has 1 aliphatic carbocycles. The van der Waals surface area contributed by atoms with Crippen LogP contribution in [0.5, 0.6) is 17.4 Å². The van der Waals surface area contributed by atoms with Crippen LogP contribution in [-0.4, -0.2) is 48.1 Å². The third-order valence-corrected chi connectivity index (χ3v) is 7.21. The number of pyridine rings is 1. The summed E-state index contributed by atoms with van der Waals surface area (Å²) in [5, 5.41) is 2.74. The van der Waals surface area contributed by atoms with E-state index in [1.807, 2.05) is 4.90 Å². The van der Waals surface area contributed by atoms with Crippen molar-refractivity contribution >= 4 is 17.5 Å². The van der Waals surface area contributed by atoms with E-state index in [1.54, 1.807) is 6.07 Å². The molecule has 6 rings (SSSR count). The van der Waals surface area contributed by atoms with Gasteiger partial charge >= 0.3 is 0 Å². The van der Waals surface area contributed by atoms with Crippen LogP contribution in [-0.2, 0) is 10.2 Å². The second-order valence-electron chi connectivity index (χ2n) is 9.09. The van der Waals surface area contributed by atoms with E-state index in [2.05, 4.69) is 29.4 Å². The summed E-state index contributed by atoms with van der Waals surface area (Å²) in [7, 11) is 0. The first kappa shape index (κ1) is 19.4. The summed E-state index contributed by atoms with van der Waals surface area (Å²) in [5.41, 5.74) is 3.22. The molecule has 1 aromatic carbocycles. The number of fused-ring (bicyclic) bond motifs is 4. The van der Waals surface area contributed by atoms with Crippen molar-refractivity contribution in [2.75, 3.05) is 31.7 Å². The number of carbonyl (C=O) groups excluding carboxylic acids is 2. The van der Waals surface area contributed by atoms with E-state index in [-0.39, 0.29) is 29.9 Å². The zero-order valence-electron chi connectivity index (χ0n) is 18.0. The fourth-order valence-electron chi connectivity index (χ4n) is 5.61. The standard InChI is InChI=1S/C24H25N3O5/c1-14-16-9-19-20(31-7-6-30-19)10-17(16)24(4-2-3-5-24)13-27(14)23(29)15-8-18-22(25-11-15)32-12-21(28)26-18/h8-11,14H,2-7,12-13H2,1H3,(H,26,28). The van der Waals surface area contributed by atoms with Crippen LogP contribution in [0.1, 0.15) is 60.1 Å². The van der Waals surface area contributed by atoms with Gasteiger partial charge in [-0.05, 0) is 49.1 Å². The Morgan fingerprint density at radius 1 is 1.12 bits per heavy atom.